The smallest absolute Gasteiger partial charge is 0.306 e. The van der Waals surface area contributed by atoms with Crippen molar-refractivity contribution in [2.45, 2.75) is 42.7 Å². The Hall–Kier alpha value is -2.29. The maximum atomic E-state index is 13.8. The second-order valence-corrected chi connectivity index (χ2v) is 13.6. The Balaban J connectivity index is 1.34. The van der Waals surface area contributed by atoms with Gasteiger partial charge in [-0.15, -0.1) is 0 Å². The predicted molar refractivity (Wildman–Crippen MR) is 157 cm³/mol. The van der Waals surface area contributed by atoms with Gasteiger partial charge in [0.1, 0.15) is 11.9 Å². The molecular formula is C30H39ClN2O9S. The van der Waals surface area contributed by atoms with Crippen LogP contribution in [0.4, 0.5) is 0 Å². The normalized spacial score (nSPS) is 24.1. The summed E-state index contributed by atoms with van der Waals surface area (Å²) >= 11 is 5.94. The third-order valence-electron chi connectivity index (χ3n) is 8.30. The molecule has 3 saturated heterocycles. The Morgan fingerprint density at radius 2 is 1.88 bits per heavy atom. The lowest BCUT2D eigenvalue weighted by atomic mass is 9.90. The van der Waals surface area contributed by atoms with Crippen LogP contribution >= 0.6 is 11.6 Å². The fraction of sp³-hybridized carbons (Fsp3) is 0.567. The number of halogens is 1. The van der Waals surface area contributed by atoms with Crippen LogP contribution in [0.1, 0.15) is 18.4 Å². The second-order valence-electron chi connectivity index (χ2n) is 11.2. The molecule has 3 aliphatic rings. The van der Waals surface area contributed by atoms with Crippen molar-refractivity contribution in [1.82, 2.24) is 9.21 Å². The number of aliphatic hydroxyl groups excluding tert-OH is 1. The highest BCUT2D eigenvalue weighted by Gasteiger charge is 2.44. The molecule has 13 heteroatoms. The van der Waals surface area contributed by atoms with Crippen molar-refractivity contribution in [3.63, 3.8) is 0 Å². The highest BCUT2D eigenvalue weighted by atomic mass is 35.5. The lowest BCUT2D eigenvalue weighted by Crippen LogP contribution is -2.46. The number of benzene rings is 2. The Bertz CT molecular complexity index is 1330. The Kier molecular flexibility index (Phi) is 10.9. The quantitative estimate of drug-likeness (QED) is 0.315. The van der Waals surface area contributed by atoms with E-state index in [4.69, 9.17) is 30.5 Å². The van der Waals surface area contributed by atoms with E-state index in [0.717, 1.165) is 18.1 Å². The number of morpholine rings is 1. The number of hydrogen-bond acceptors (Lipinski definition) is 10. The SMILES string of the molecule is O=C(C[C@@H](Cc1ccccc1)[C@H](O)CN(CCN1CCOCC1)S(=O)(=O)c1ccc(Cl)c(O)c1)OC1CO[C@H]2OCCC12. The van der Waals surface area contributed by atoms with Gasteiger partial charge < -0.3 is 29.2 Å². The van der Waals surface area contributed by atoms with Gasteiger partial charge in [-0.2, -0.15) is 4.31 Å². The maximum absolute atomic E-state index is 13.8. The first-order valence-corrected chi connectivity index (χ1v) is 16.5. The number of aliphatic hydroxyl groups is 1. The molecule has 5 atom stereocenters. The van der Waals surface area contributed by atoms with Gasteiger partial charge in [-0.1, -0.05) is 41.9 Å². The van der Waals surface area contributed by atoms with E-state index in [1.165, 1.54) is 16.4 Å². The van der Waals surface area contributed by atoms with E-state index in [2.05, 4.69) is 4.90 Å². The summed E-state index contributed by atoms with van der Waals surface area (Å²) < 4.78 is 51.2. The van der Waals surface area contributed by atoms with E-state index in [1.807, 2.05) is 30.3 Å². The first kappa shape index (κ1) is 32.1. The van der Waals surface area contributed by atoms with Gasteiger partial charge in [0.25, 0.3) is 0 Å². The Morgan fingerprint density at radius 1 is 1.12 bits per heavy atom. The molecule has 2 N–H and O–H groups in total. The standard InChI is InChI=1S/C30H39ClN2O9S/c31-25-7-6-23(18-26(25)34)43(37,38)33(10-9-32-11-14-39-15-12-32)19-27(35)22(16-21-4-2-1-3-5-21)17-29(36)42-28-20-41-30-24(28)8-13-40-30/h1-7,18,22,24,27-28,30,34-35H,8-17,19-20H2/t22-,24?,27-,28?,30-/m1/s1. The van der Waals surface area contributed by atoms with Crippen LogP contribution in [-0.4, -0.2) is 111 Å². The lowest BCUT2D eigenvalue weighted by molar-refractivity contribution is -0.153. The van der Waals surface area contributed by atoms with Gasteiger partial charge in [-0.3, -0.25) is 9.69 Å². The van der Waals surface area contributed by atoms with Gasteiger partial charge in [0.2, 0.25) is 10.0 Å². The third-order valence-corrected chi connectivity index (χ3v) is 10.5. The predicted octanol–water partition coefficient (Wildman–Crippen LogP) is 2.28. The van der Waals surface area contributed by atoms with Gasteiger partial charge >= 0.3 is 5.97 Å². The number of rotatable bonds is 13. The van der Waals surface area contributed by atoms with Gasteiger partial charge in [0, 0.05) is 44.7 Å². The largest absolute Gasteiger partial charge is 0.506 e. The zero-order valence-electron chi connectivity index (χ0n) is 23.9. The third kappa shape index (κ3) is 8.25. The number of phenols is 1. The first-order valence-electron chi connectivity index (χ1n) is 14.6. The fourth-order valence-corrected chi connectivity index (χ4v) is 7.37. The molecule has 3 fully saturated rings. The molecule has 0 radical (unpaired) electrons. The monoisotopic (exact) mass is 638 g/mol. The molecule has 236 valence electrons. The van der Waals surface area contributed by atoms with E-state index in [9.17, 15) is 23.4 Å². The summed E-state index contributed by atoms with van der Waals surface area (Å²) in [6.45, 7) is 3.51. The van der Waals surface area contributed by atoms with Crippen molar-refractivity contribution >= 4 is 27.6 Å². The number of fused-ring (bicyclic) bond motifs is 1. The first-order chi connectivity index (χ1) is 20.7. The number of hydrogen-bond donors (Lipinski definition) is 2. The second kappa shape index (κ2) is 14.7. The van der Waals surface area contributed by atoms with Crippen molar-refractivity contribution < 1.29 is 42.4 Å². The molecule has 0 bridgehead atoms. The van der Waals surface area contributed by atoms with Gasteiger partial charge in [-0.05, 0) is 30.5 Å². The number of carbonyl (C=O) groups excluding carboxylic acids is 1. The highest BCUT2D eigenvalue weighted by Crippen LogP contribution is 2.34. The molecule has 0 amide bonds. The molecular weight excluding hydrogens is 600 g/mol. The number of carbonyl (C=O) groups is 1. The molecule has 43 heavy (non-hydrogen) atoms. The van der Waals surface area contributed by atoms with Crippen LogP contribution in [-0.2, 0) is 40.2 Å². The number of phenolic OH excluding ortho intramolecular Hbond substituents is 1. The summed E-state index contributed by atoms with van der Waals surface area (Å²) in [5, 5.41) is 21.7. The van der Waals surface area contributed by atoms with Crippen LogP contribution in [0.15, 0.2) is 53.4 Å². The van der Waals surface area contributed by atoms with Crippen LogP contribution in [0.25, 0.3) is 0 Å². The van der Waals surface area contributed by atoms with Crippen LogP contribution < -0.4 is 0 Å². The minimum absolute atomic E-state index is 0.0157. The molecule has 2 aromatic rings. The van der Waals surface area contributed by atoms with Crippen molar-refractivity contribution in [2.75, 3.05) is 59.2 Å². The maximum Gasteiger partial charge on any atom is 0.306 e. The molecule has 0 saturated carbocycles. The summed E-state index contributed by atoms with van der Waals surface area (Å²) in [5.41, 5.74) is 0.901. The van der Waals surface area contributed by atoms with E-state index in [-0.39, 0.29) is 54.0 Å². The van der Waals surface area contributed by atoms with Crippen LogP contribution in [0.3, 0.4) is 0 Å². The summed E-state index contributed by atoms with van der Waals surface area (Å²) in [5.74, 6) is -1.48. The van der Waals surface area contributed by atoms with E-state index in [0.29, 0.717) is 45.9 Å². The summed E-state index contributed by atoms with van der Waals surface area (Å²) in [7, 11) is -4.15. The molecule has 11 nitrogen and oxygen atoms in total. The number of aromatic hydroxyl groups is 1. The molecule has 3 heterocycles. The minimum atomic E-state index is -4.15. The lowest BCUT2D eigenvalue weighted by Gasteiger charge is -2.32. The molecule has 0 spiro atoms. The van der Waals surface area contributed by atoms with Crippen molar-refractivity contribution in [2.24, 2.45) is 11.8 Å². The molecule has 0 aromatic heterocycles. The topological polar surface area (TPSA) is 135 Å². The van der Waals surface area contributed by atoms with Crippen LogP contribution in [0, 0.1) is 11.8 Å². The van der Waals surface area contributed by atoms with Gasteiger partial charge in [-0.25, -0.2) is 8.42 Å². The fourth-order valence-electron chi connectivity index (χ4n) is 5.79. The van der Waals surface area contributed by atoms with Crippen molar-refractivity contribution in [3.8, 4) is 5.75 Å². The molecule has 2 unspecified atom stereocenters. The molecule has 3 aliphatic heterocycles. The van der Waals surface area contributed by atoms with Crippen LogP contribution in [0.5, 0.6) is 5.75 Å². The summed E-state index contributed by atoms with van der Waals surface area (Å²) in [4.78, 5) is 15.1. The summed E-state index contributed by atoms with van der Waals surface area (Å²) in [6, 6.07) is 13.2. The number of ether oxygens (including phenoxy) is 4. The van der Waals surface area contributed by atoms with E-state index >= 15 is 0 Å². The number of esters is 1. The molecule has 2 aromatic carbocycles. The minimum Gasteiger partial charge on any atom is -0.506 e. The molecule has 0 aliphatic carbocycles. The Labute approximate surface area is 257 Å². The highest BCUT2D eigenvalue weighted by molar-refractivity contribution is 7.89. The van der Waals surface area contributed by atoms with E-state index < -0.39 is 34.1 Å². The van der Waals surface area contributed by atoms with Crippen LogP contribution in [0.2, 0.25) is 5.02 Å². The van der Waals surface area contributed by atoms with Crippen molar-refractivity contribution in [3.05, 3.63) is 59.1 Å². The number of nitrogens with zero attached hydrogens (tertiary/aromatic N) is 2. The number of sulfonamides is 1. The Morgan fingerprint density at radius 3 is 2.63 bits per heavy atom. The van der Waals surface area contributed by atoms with Crippen molar-refractivity contribution in [1.29, 1.82) is 0 Å². The molecule has 5 rings (SSSR count). The van der Waals surface area contributed by atoms with Gasteiger partial charge in [0.05, 0.1) is 54.8 Å². The average Bonchev–Trinajstić information content (AvgIpc) is 3.62. The van der Waals surface area contributed by atoms with Gasteiger partial charge in [0.15, 0.2) is 6.29 Å². The zero-order chi connectivity index (χ0) is 30.4. The van der Waals surface area contributed by atoms with E-state index in [1.54, 1.807) is 0 Å². The average molecular weight is 639 g/mol. The summed E-state index contributed by atoms with van der Waals surface area (Å²) in [6.07, 6.45) is -1.00. The zero-order valence-corrected chi connectivity index (χ0v) is 25.5.